The number of carboxylic acids is 1. The van der Waals surface area contributed by atoms with Gasteiger partial charge in [0.15, 0.2) is 11.5 Å². The number of hydrogen-bond acceptors (Lipinski definition) is 6. The third-order valence-corrected chi connectivity index (χ3v) is 4.00. The topological polar surface area (TPSA) is 110 Å². The normalized spacial score (nSPS) is 10.4. The van der Waals surface area contributed by atoms with Crippen molar-refractivity contribution >= 4 is 28.8 Å². The minimum Gasteiger partial charge on any atom is -0.476 e. The Morgan fingerprint density at radius 1 is 1.38 bits per heavy atom. The van der Waals surface area contributed by atoms with Gasteiger partial charge in [0.25, 0.3) is 5.69 Å². The van der Waals surface area contributed by atoms with Crippen molar-refractivity contribution in [3.8, 4) is 10.6 Å². The van der Waals surface area contributed by atoms with Crippen molar-refractivity contribution in [3.05, 3.63) is 44.4 Å². The summed E-state index contributed by atoms with van der Waals surface area (Å²) in [5.74, 6) is -1.70. The van der Waals surface area contributed by atoms with Crippen LogP contribution in [0.3, 0.4) is 0 Å². The second-order valence-corrected chi connectivity index (χ2v) is 5.31. The maximum atomic E-state index is 11.5. The molecule has 0 saturated carbocycles. The summed E-state index contributed by atoms with van der Waals surface area (Å²) in [6.07, 6.45) is 0. The summed E-state index contributed by atoms with van der Waals surface area (Å²) in [5.41, 5.74) is 0.714. The molecule has 8 heteroatoms. The lowest BCUT2D eigenvalue weighted by Crippen LogP contribution is -2.03. The number of benzene rings is 1. The van der Waals surface area contributed by atoms with E-state index in [0.29, 0.717) is 11.1 Å². The summed E-state index contributed by atoms with van der Waals surface area (Å²) < 4.78 is 0. The number of thiazole rings is 1. The first-order chi connectivity index (χ1) is 9.81. The molecule has 0 fully saturated rings. The molecular formula is C13H10N2O5S. The lowest BCUT2D eigenvalue weighted by Gasteiger charge is -2.01. The van der Waals surface area contributed by atoms with Crippen LogP contribution in [-0.4, -0.2) is 26.8 Å². The van der Waals surface area contributed by atoms with Gasteiger partial charge in [-0.1, -0.05) is 6.07 Å². The Balaban J connectivity index is 2.64. The largest absolute Gasteiger partial charge is 0.476 e. The third kappa shape index (κ3) is 2.79. The van der Waals surface area contributed by atoms with E-state index in [1.165, 1.54) is 19.1 Å². The van der Waals surface area contributed by atoms with Crippen LogP contribution in [0, 0.1) is 17.0 Å². The molecule has 1 aromatic heterocycles. The Labute approximate surface area is 123 Å². The highest BCUT2D eigenvalue weighted by Gasteiger charge is 2.22. The minimum absolute atomic E-state index is 0.0309. The number of nitrogens with zero attached hydrogens (tertiary/aromatic N) is 2. The molecule has 2 aromatic rings. The molecular weight excluding hydrogens is 296 g/mol. The number of Topliss-reactive ketones (excluding diaryl/α,β-unsaturated/α-hetero) is 1. The summed E-state index contributed by atoms with van der Waals surface area (Å²) in [7, 11) is 0. The molecule has 0 unspecified atom stereocenters. The summed E-state index contributed by atoms with van der Waals surface area (Å²) in [6.45, 7) is 2.98. The van der Waals surface area contributed by atoms with Crippen molar-refractivity contribution in [1.82, 2.24) is 4.98 Å². The standard InChI is InChI=1S/C13H10N2O5S/c1-6-3-4-8(15(19)20)5-9(6)12-14-10(13(17)18)11(21-12)7(2)16/h3-5H,1-2H3,(H,17,18). The highest BCUT2D eigenvalue weighted by atomic mass is 32.1. The van der Waals surface area contributed by atoms with E-state index in [1.54, 1.807) is 13.0 Å². The molecule has 1 N–H and O–H groups in total. The number of aryl methyl sites for hydroxylation is 1. The molecule has 0 aliphatic heterocycles. The van der Waals surface area contributed by atoms with Crippen molar-refractivity contribution in [2.75, 3.05) is 0 Å². The van der Waals surface area contributed by atoms with Crippen LogP contribution in [0.15, 0.2) is 18.2 Å². The van der Waals surface area contributed by atoms with Crippen LogP contribution in [-0.2, 0) is 0 Å². The van der Waals surface area contributed by atoms with Crippen LogP contribution in [0.2, 0.25) is 0 Å². The van der Waals surface area contributed by atoms with Gasteiger partial charge < -0.3 is 5.11 Å². The van der Waals surface area contributed by atoms with Gasteiger partial charge in [-0.15, -0.1) is 11.3 Å². The quantitative estimate of drug-likeness (QED) is 0.528. The molecule has 0 radical (unpaired) electrons. The van der Waals surface area contributed by atoms with E-state index in [9.17, 15) is 19.7 Å². The number of rotatable bonds is 4. The Kier molecular flexibility index (Phi) is 3.81. The van der Waals surface area contributed by atoms with Gasteiger partial charge in [-0.05, 0) is 12.5 Å². The Morgan fingerprint density at radius 3 is 2.52 bits per heavy atom. The van der Waals surface area contributed by atoms with Gasteiger partial charge in [0, 0.05) is 24.6 Å². The van der Waals surface area contributed by atoms with E-state index in [4.69, 9.17) is 5.11 Å². The van der Waals surface area contributed by atoms with Crippen LogP contribution < -0.4 is 0 Å². The van der Waals surface area contributed by atoms with Crippen LogP contribution in [0.5, 0.6) is 0 Å². The lowest BCUT2D eigenvalue weighted by atomic mass is 10.1. The van der Waals surface area contributed by atoms with Gasteiger partial charge in [0.1, 0.15) is 9.88 Å². The lowest BCUT2D eigenvalue weighted by molar-refractivity contribution is -0.384. The second-order valence-electron chi connectivity index (χ2n) is 4.31. The Bertz CT molecular complexity index is 734. The van der Waals surface area contributed by atoms with E-state index >= 15 is 0 Å². The molecule has 0 bridgehead atoms. The number of hydrogen-bond donors (Lipinski definition) is 1. The molecule has 21 heavy (non-hydrogen) atoms. The fourth-order valence-electron chi connectivity index (χ4n) is 1.77. The van der Waals surface area contributed by atoms with Gasteiger partial charge in [-0.3, -0.25) is 14.9 Å². The van der Waals surface area contributed by atoms with Gasteiger partial charge in [-0.25, -0.2) is 9.78 Å². The summed E-state index contributed by atoms with van der Waals surface area (Å²) >= 11 is 0.920. The maximum Gasteiger partial charge on any atom is 0.356 e. The summed E-state index contributed by atoms with van der Waals surface area (Å²) in [6, 6.07) is 4.24. The smallest absolute Gasteiger partial charge is 0.356 e. The zero-order valence-electron chi connectivity index (χ0n) is 11.1. The van der Waals surface area contributed by atoms with Crippen LogP contribution >= 0.6 is 11.3 Å². The first-order valence-corrected chi connectivity index (χ1v) is 6.63. The number of carbonyl (C=O) groups excluding carboxylic acids is 1. The zero-order chi connectivity index (χ0) is 15.7. The SMILES string of the molecule is CC(=O)c1sc(-c2cc([N+](=O)[O-])ccc2C)nc1C(=O)O. The number of aromatic nitrogens is 1. The van der Waals surface area contributed by atoms with E-state index < -0.39 is 16.7 Å². The number of nitro benzene ring substituents is 1. The van der Waals surface area contributed by atoms with Crippen LogP contribution in [0.1, 0.15) is 32.6 Å². The van der Waals surface area contributed by atoms with Gasteiger partial charge in [-0.2, -0.15) is 0 Å². The Morgan fingerprint density at radius 2 is 2.05 bits per heavy atom. The van der Waals surface area contributed by atoms with Crippen LogP contribution in [0.4, 0.5) is 5.69 Å². The fourth-order valence-corrected chi connectivity index (χ4v) is 2.81. The summed E-state index contributed by atoms with van der Waals surface area (Å²) in [4.78, 5) is 36.8. The molecule has 0 spiro atoms. The highest BCUT2D eigenvalue weighted by molar-refractivity contribution is 7.17. The highest BCUT2D eigenvalue weighted by Crippen LogP contribution is 2.33. The van der Waals surface area contributed by atoms with Gasteiger partial charge in [0.2, 0.25) is 0 Å². The number of ketones is 1. The average Bonchev–Trinajstić information content (AvgIpc) is 2.84. The van der Waals surface area contributed by atoms with Crippen molar-refractivity contribution < 1.29 is 19.6 Å². The summed E-state index contributed by atoms with van der Waals surface area (Å²) in [5, 5.41) is 20.2. The first kappa shape index (κ1) is 14.8. The molecule has 0 amide bonds. The molecule has 108 valence electrons. The Hall–Kier alpha value is -2.61. The minimum atomic E-state index is -1.30. The molecule has 0 saturated heterocycles. The predicted octanol–water partition coefficient (Wildman–Crippen LogP) is 2.93. The first-order valence-electron chi connectivity index (χ1n) is 5.81. The van der Waals surface area contributed by atoms with E-state index in [-0.39, 0.29) is 21.3 Å². The average molecular weight is 306 g/mol. The monoisotopic (exact) mass is 306 g/mol. The zero-order valence-corrected chi connectivity index (χ0v) is 11.9. The molecule has 1 aromatic carbocycles. The molecule has 0 aliphatic rings. The second kappa shape index (κ2) is 5.41. The number of carbonyl (C=O) groups is 2. The van der Waals surface area contributed by atoms with E-state index in [1.807, 2.05) is 0 Å². The molecule has 7 nitrogen and oxygen atoms in total. The van der Waals surface area contributed by atoms with E-state index in [2.05, 4.69) is 4.98 Å². The van der Waals surface area contributed by atoms with E-state index in [0.717, 1.165) is 11.3 Å². The molecule has 1 heterocycles. The van der Waals surface area contributed by atoms with Crippen molar-refractivity contribution in [1.29, 1.82) is 0 Å². The fraction of sp³-hybridized carbons (Fsp3) is 0.154. The van der Waals surface area contributed by atoms with Crippen LogP contribution in [0.25, 0.3) is 10.6 Å². The molecule has 0 atom stereocenters. The van der Waals surface area contributed by atoms with Gasteiger partial charge >= 0.3 is 5.97 Å². The van der Waals surface area contributed by atoms with Gasteiger partial charge in [0.05, 0.1) is 4.92 Å². The number of nitro groups is 1. The number of non-ortho nitro benzene ring substituents is 1. The van der Waals surface area contributed by atoms with Crippen molar-refractivity contribution in [3.63, 3.8) is 0 Å². The predicted molar refractivity (Wildman–Crippen MR) is 75.9 cm³/mol. The van der Waals surface area contributed by atoms with Crippen molar-refractivity contribution in [2.45, 2.75) is 13.8 Å². The number of aromatic carboxylic acids is 1. The maximum absolute atomic E-state index is 11.5. The third-order valence-electron chi connectivity index (χ3n) is 2.81. The number of carboxylic acid groups (broad SMARTS) is 1. The van der Waals surface area contributed by atoms with Crippen molar-refractivity contribution in [2.24, 2.45) is 0 Å². The molecule has 0 aliphatic carbocycles. The molecule has 2 rings (SSSR count).